The van der Waals surface area contributed by atoms with Gasteiger partial charge in [-0.25, -0.2) is 5.43 Å². The minimum Gasteiger partial charge on any atom is -0.506 e. The van der Waals surface area contributed by atoms with Gasteiger partial charge in [-0.05, 0) is 59.8 Å². The van der Waals surface area contributed by atoms with Crippen LogP contribution in [0.5, 0.6) is 11.5 Å². The number of nitrogens with one attached hydrogen (secondary N) is 2. The van der Waals surface area contributed by atoms with Crippen molar-refractivity contribution in [2.45, 2.75) is 6.42 Å². The molecular formula is C28H23Cl2N3O4. The number of hydrogen-bond acceptors (Lipinski definition) is 5. The summed E-state index contributed by atoms with van der Waals surface area (Å²) in [5.41, 5.74) is 4.50. The number of carbonyl (C=O) groups excluding carboxylic acids is 2. The van der Waals surface area contributed by atoms with Gasteiger partial charge in [0.2, 0.25) is 0 Å². The number of phenols is 1. The number of hydrogen-bond donors (Lipinski definition) is 3. The van der Waals surface area contributed by atoms with E-state index >= 15 is 0 Å². The maximum Gasteiger partial charge on any atom is 0.271 e. The van der Waals surface area contributed by atoms with Crippen LogP contribution in [0.25, 0.3) is 10.8 Å². The Morgan fingerprint density at radius 2 is 1.76 bits per heavy atom. The van der Waals surface area contributed by atoms with E-state index in [4.69, 9.17) is 27.9 Å². The van der Waals surface area contributed by atoms with Crippen LogP contribution >= 0.6 is 23.2 Å². The highest BCUT2D eigenvalue weighted by molar-refractivity contribution is 6.32. The molecule has 4 aromatic rings. The molecule has 0 bridgehead atoms. The second-order valence-electron chi connectivity index (χ2n) is 8.08. The molecule has 3 N–H and O–H groups in total. The van der Waals surface area contributed by atoms with Gasteiger partial charge in [0, 0.05) is 28.1 Å². The van der Waals surface area contributed by atoms with Crippen LogP contribution in [0.1, 0.15) is 21.5 Å². The van der Waals surface area contributed by atoms with E-state index < -0.39 is 5.91 Å². The second-order valence-corrected chi connectivity index (χ2v) is 8.93. The Morgan fingerprint density at radius 3 is 2.54 bits per heavy atom. The number of aromatic hydroxyl groups is 1. The van der Waals surface area contributed by atoms with Crippen molar-refractivity contribution in [1.29, 1.82) is 0 Å². The quantitative estimate of drug-likeness (QED) is 0.198. The summed E-state index contributed by atoms with van der Waals surface area (Å²) < 4.78 is 5.80. The van der Waals surface area contributed by atoms with Gasteiger partial charge < -0.3 is 15.2 Å². The first-order valence-electron chi connectivity index (χ1n) is 11.4. The van der Waals surface area contributed by atoms with E-state index in [0.29, 0.717) is 23.7 Å². The monoisotopic (exact) mass is 535 g/mol. The molecule has 4 rings (SSSR count). The van der Waals surface area contributed by atoms with E-state index in [9.17, 15) is 14.7 Å². The predicted octanol–water partition coefficient (Wildman–Crippen LogP) is 5.35. The highest BCUT2D eigenvalue weighted by Gasteiger charge is 2.10. The Balaban J connectivity index is 1.36. The maximum absolute atomic E-state index is 12.3. The fraction of sp³-hybridized carbons (Fsp3) is 0.107. The number of fused-ring (bicyclic) bond motifs is 1. The number of rotatable bonds is 9. The fourth-order valence-corrected chi connectivity index (χ4v) is 4.03. The summed E-state index contributed by atoms with van der Waals surface area (Å²) in [6.45, 7) is 0.346. The molecular weight excluding hydrogens is 513 g/mol. The van der Waals surface area contributed by atoms with Crippen molar-refractivity contribution in [2.24, 2.45) is 5.10 Å². The minimum absolute atomic E-state index is 0.0769. The van der Waals surface area contributed by atoms with Crippen molar-refractivity contribution in [2.75, 3.05) is 13.2 Å². The van der Waals surface area contributed by atoms with E-state index in [-0.39, 0.29) is 28.8 Å². The smallest absolute Gasteiger partial charge is 0.271 e. The minimum atomic E-state index is -0.469. The molecule has 7 nitrogen and oxygen atoms in total. The SMILES string of the molecule is O=C(COc1ccc(/C=N/NC(=O)c2ccc(O)c(Cl)c2)c2ccccc12)NCCc1cccc(Cl)c1. The first-order valence-corrected chi connectivity index (χ1v) is 12.1. The van der Waals surface area contributed by atoms with Gasteiger partial charge >= 0.3 is 0 Å². The average molecular weight is 536 g/mol. The molecule has 0 aliphatic heterocycles. The van der Waals surface area contributed by atoms with Crippen molar-refractivity contribution < 1.29 is 19.4 Å². The number of phenolic OH excluding ortho intramolecular Hbond substituents is 1. The van der Waals surface area contributed by atoms with Crippen LogP contribution < -0.4 is 15.5 Å². The van der Waals surface area contributed by atoms with E-state index in [2.05, 4.69) is 15.8 Å². The van der Waals surface area contributed by atoms with Crippen LogP contribution in [0.4, 0.5) is 0 Å². The van der Waals surface area contributed by atoms with Crippen molar-refractivity contribution in [3.63, 3.8) is 0 Å². The zero-order valence-electron chi connectivity index (χ0n) is 19.6. The molecule has 0 atom stereocenters. The molecule has 0 fully saturated rings. The van der Waals surface area contributed by atoms with Gasteiger partial charge in [0.15, 0.2) is 6.61 Å². The van der Waals surface area contributed by atoms with E-state index in [1.807, 2.05) is 48.5 Å². The van der Waals surface area contributed by atoms with Crippen molar-refractivity contribution in [1.82, 2.24) is 10.7 Å². The van der Waals surface area contributed by atoms with Crippen molar-refractivity contribution >= 4 is 52.0 Å². The van der Waals surface area contributed by atoms with Crippen LogP contribution in [0, 0.1) is 0 Å². The molecule has 0 saturated heterocycles. The molecule has 2 amide bonds. The standard InChI is InChI=1S/C28H23Cl2N3O4/c29-21-5-3-4-18(14-21)12-13-31-27(35)17-37-26-11-9-20(22-6-1-2-7-23(22)26)16-32-33-28(36)19-8-10-25(34)24(30)15-19/h1-11,14-16,34H,12-13,17H2,(H,31,35)(H,33,36)/b32-16+. The third-order valence-corrected chi connectivity index (χ3v) is 6.02. The lowest BCUT2D eigenvalue weighted by Gasteiger charge is -2.11. The normalized spacial score (nSPS) is 11.0. The summed E-state index contributed by atoms with van der Waals surface area (Å²) in [6.07, 6.45) is 2.19. The van der Waals surface area contributed by atoms with Gasteiger partial charge in [-0.1, -0.05) is 59.6 Å². The first-order chi connectivity index (χ1) is 17.9. The van der Waals surface area contributed by atoms with Crippen molar-refractivity contribution in [3.8, 4) is 11.5 Å². The molecule has 0 saturated carbocycles. The summed E-state index contributed by atoms with van der Waals surface area (Å²) in [6, 6.07) is 22.7. The molecule has 0 aromatic heterocycles. The van der Waals surface area contributed by atoms with E-state index in [0.717, 1.165) is 21.9 Å². The number of benzene rings is 4. The van der Waals surface area contributed by atoms with Gasteiger partial charge in [0.25, 0.3) is 11.8 Å². The largest absolute Gasteiger partial charge is 0.506 e. The predicted molar refractivity (Wildman–Crippen MR) is 146 cm³/mol. The van der Waals surface area contributed by atoms with Crippen molar-refractivity contribution in [3.05, 3.63) is 106 Å². The third kappa shape index (κ3) is 7.00. The lowest BCUT2D eigenvalue weighted by Crippen LogP contribution is -2.30. The summed E-state index contributed by atoms with van der Waals surface area (Å²) in [4.78, 5) is 24.6. The Labute approximate surface area is 223 Å². The Bertz CT molecular complexity index is 1470. The Morgan fingerprint density at radius 1 is 0.946 bits per heavy atom. The van der Waals surface area contributed by atoms with E-state index in [1.54, 1.807) is 12.1 Å². The number of amides is 2. The van der Waals surface area contributed by atoms with Crippen LogP contribution in [-0.2, 0) is 11.2 Å². The first kappa shape index (κ1) is 26.0. The highest BCUT2D eigenvalue weighted by Crippen LogP contribution is 2.28. The van der Waals surface area contributed by atoms with Gasteiger partial charge in [0.1, 0.15) is 11.5 Å². The third-order valence-electron chi connectivity index (χ3n) is 5.48. The fourth-order valence-electron chi connectivity index (χ4n) is 3.64. The molecule has 0 spiro atoms. The lowest BCUT2D eigenvalue weighted by molar-refractivity contribution is -0.123. The Hall–Kier alpha value is -4.07. The van der Waals surface area contributed by atoms with Gasteiger partial charge in [-0.15, -0.1) is 0 Å². The van der Waals surface area contributed by atoms with Gasteiger partial charge in [0.05, 0.1) is 11.2 Å². The van der Waals surface area contributed by atoms with Gasteiger partial charge in [-0.3, -0.25) is 9.59 Å². The molecule has 0 aliphatic rings. The number of ether oxygens (including phenoxy) is 1. The average Bonchev–Trinajstić information content (AvgIpc) is 2.89. The number of halogens is 2. The molecule has 9 heteroatoms. The van der Waals surface area contributed by atoms with Gasteiger partial charge in [-0.2, -0.15) is 5.10 Å². The number of hydrazone groups is 1. The molecule has 0 radical (unpaired) electrons. The molecule has 4 aromatic carbocycles. The van der Waals surface area contributed by atoms with Crippen LogP contribution in [0.2, 0.25) is 10.0 Å². The number of carbonyl (C=O) groups is 2. The summed E-state index contributed by atoms with van der Waals surface area (Å²) >= 11 is 11.9. The molecule has 188 valence electrons. The van der Waals surface area contributed by atoms with Crippen LogP contribution in [0.3, 0.4) is 0 Å². The zero-order valence-corrected chi connectivity index (χ0v) is 21.1. The van der Waals surface area contributed by atoms with E-state index in [1.165, 1.54) is 24.4 Å². The molecule has 37 heavy (non-hydrogen) atoms. The van der Waals surface area contributed by atoms with Crippen LogP contribution in [0.15, 0.2) is 84.0 Å². The summed E-state index contributed by atoms with van der Waals surface area (Å²) in [5, 5.41) is 18.8. The highest BCUT2D eigenvalue weighted by atomic mass is 35.5. The summed E-state index contributed by atoms with van der Waals surface area (Å²) in [5.74, 6) is -0.247. The topological polar surface area (TPSA) is 100 Å². The molecule has 0 aliphatic carbocycles. The number of nitrogens with zero attached hydrogens (tertiary/aromatic N) is 1. The lowest BCUT2D eigenvalue weighted by atomic mass is 10.0. The summed E-state index contributed by atoms with van der Waals surface area (Å²) in [7, 11) is 0. The van der Waals surface area contributed by atoms with Crippen LogP contribution in [-0.4, -0.2) is 36.3 Å². The Kier molecular flexibility index (Phi) is 8.61. The molecule has 0 unspecified atom stereocenters. The zero-order chi connectivity index (χ0) is 26.2. The molecule has 0 heterocycles. The second kappa shape index (κ2) is 12.3. The maximum atomic E-state index is 12.3.